The smallest absolute Gasteiger partial charge is 0.223 e. The highest BCUT2D eigenvalue weighted by molar-refractivity contribution is 6.30. The average molecular weight is 298 g/mol. The van der Waals surface area contributed by atoms with E-state index >= 15 is 0 Å². The molecule has 1 aromatic rings. The van der Waals surface area contributed by atoms with Crippen LogP contribution in [0, 0.1) is 11.7 Å². The van der Waals surface area contributed by atoms with Gasteiger partial charge in [0.25, 0.3) is 0 Å². The number of amides is 1. The van der Waals surface area contributed by atoms with Crippen LogP contribution in [0.25, 0.3) is 0 Å². The van der Waals surface area contributed by atoms with Gasteiger partial charge in [-0.25, -0.2) is 4.39 Å². The Kier molecular flexibility index (Phi) is 5.15. The monoisotopic (exact) mass is 297 g/mol. The minimum absolute atomic E-state index is 0.0129. The molecule has 5 heteroatoms. The Hall–Kier alpha value is -1.39. The number of carbonyl (C=O) groups is 1. The SMILES string of the molecule is O=C(NCC(O)c1ccc(Cl)c(F)c1)C1CC=CCC1. The predicted molar refractivity (Wildman–Crippen MR) is 75.9 cm³/mol. The number of aliphatic hydroxyl groups is 1. The van der Waals surface area contributed by atoms with E-state index in [1.54, 1.807) is 6.07 Å². The Bertz CT molecular complexity index is 519. The van der Waals surface area contributed by atoms with E-state index in [-0.39, 0.29) is 23.4 Å². The first-order chi connectivity index (χ1) is 9.58. The van der Waals surface area contributed by atoms with Crippen molar-refractivity contribution >= 4 is 17.5 Å². The Morgan fingerprint density at radius 1 is 1.50 bits per heavy atom. The first kappa shape index (κ1) is 15.0. The summed E-state index contributed by atoms with van der Waals surface area (Å²) >= 11 is 5.58. The number of halogens is 2. The maximum Gasteiger partial charge on any atom is 0.223 e. The van der Waals surface area contributed by atoms with Crippen molar-refractivity contribution in [1.29, 1.82) is 0 Å². The molecule has 0 aliphatic heterocycles. The standard InChI is InChI=1S/C15H17ClFNO2/c16-12-7-6-11(8-13(12)17)14(19)9-18-15(20)10-4-2-1-3-5-10/h1-2,6-8,10,14,19H,3-5,9H2,(H,18,20). The molecule has 1 aliphatic rings. The van der Waals surface area contributed by atoms with E-state index in [0.29, 0.717) is 5.56 Å². The van der Waals surface area contributed by atoms with Gasteiger partial charge in [-0.1, -0.05) is 29.8 Å². The molecule has 1 amide bonds. The normalized spacial score (nSPS) is 19.6. The Balaban J connectivity index is 1.88. The van der Waals surface area contributed by atoms with Crippen LogP contribution in [-0.2, 0) is 4.79 Å². The Morgan fingerprint density at radius 2 is 2.30 bits per heavy atom. The summed E-state index contributed by atoms with van der Waals surface area (Å²) in [7, 11) is 0. The molecule has 2 unspecified atom stereocenters. The van der Waals surface area contributed by atoms with Crippen LogP contribution in [-0.4, -0.2) is 17.6 Å². The summed E-state index contributed by atoms with van der Waals surface area (Å²) in [6, 6.07) is 4.12. The largest absolute Gasteiger partial charge is 0.387 e. The second-order valence-electron chi connectivity index (χ2n) is 4.92. The molecule has 0 aromatic heterocycles. The Morgan fingerprint density at radius 3 is 2.95 bits per heavy atom. The van der Waals surface area contributed by atoms with Crippen LogP contribution in [0.15, 0.2) is 30.4 Å². The van der Waals surface area contributed by atoms with Crippen molar-refractivity contribution in [3.8, 4) is 0 Å². The van der Waals surface area contributed by atoms with Crippen LogP contribution in [0.1, 0.15) is 30.9 Å². The maximum absolute atomic E-state index is 13.3. The van der Waals surface area contributed by atoms with Gasteiger partial charge in [-0.05, 0) is 37.0 Å². The van der Waals surface area contributed by atoms with Gasteiger partial charge in [-0.15, -0.1) is 0 Å². The number of rotatable bonds is 4. The summed E-state index contributed by atoms with van der Waals surface area (Å²) in [5.41, 5.74) is 0.399. The van der Waals surface area contributed by atoms with E-state index in [4.69, 9.17) is 11.6 Å². The lowest BCUT2D eigenvalue weighted by Crippen LogP contribution is -2.34. The molecule has 2 atom stereocenters. The van der Waals surface area contributed by atoms with E-state index in [1.165, 1.54) is 12.1 Å². The fraction of sp³-hybridized carbons (Fsp3) is 0.400. The summed E-state index contributed by atoms with van der Waals surface area (Å²) in [5.74, 6) is -0.677. The van der Waals surface area contributed by atoms with Crippen LogP contribution in [0.4, 0.5) is 4.39 Å². The topological polar surface area (TPSA) is 49.3 Å². The summed E-state index contributed by atoms with van der Waals surface area (Å²) in [5, 5.41) is 12.7. The molecule has 1 aromatic carbocycles. The van der Waals surface area contributed by atoms with Crippen molar-refractivity contribution in [2.75, 3.05) is 6.54 Å². The summed E-state index contributed by atoms with van der Waals surface area (Å²) < 4.78 is 13.3. The lowest BCUT2D eigenvalue weighted by Gasteiger charge is -2.19. The van der Waals surface area contributed by atoms with Gasteiger partial charge in [-0.3, -0.25) is 4.79 Å². The highest BCUT2D eigenvalue weighted by Gasteiger charge is 2.19. The van der Waals surface area contributed by atoms with E-state index in [0.717, 1.165) is 19.3 Å². The zero-order valence-corrected chi connectivity index (χ0v) is 11.7. The van der Waals surface area contributed by atoms with Gasteiger partial charge in [0.05, 0.1) is 11.1 Å². The highest BCUT2D eigenvalue weighted by Crippen LogP contribution is 2.21. The van der Waals surface area contributed by atoms with Crippen molar-refractivity contribution < 1.29 is 14.3 Å². The van der Waals surface area contributed by atoms with Crippen molar-refractivity contribution in [2.45, 2.75) is 25.4 Å². The second kappa shape index (κ2) is 6.86. The first-order valence-corrected chi connectivity index (χ1v) is 7.01. The molecular weight excluding hydrogens is 281 g/mol. The molecule has 1 aliphatic carbocycles. The number of carbonyl (C=O) groups excluding carboxylic acids is 1. The highest BCUT2D eigenvalue weighted by atomic mass is 35.5. The minimum atomic E-state index is -0.940. The molecule has 0 saturated heterocycles. The molecule has 108 valence electrons. The minimum Gasteiger partial charge on any atom is -0.387 e. The lowest BCUT2D eigenvalue weighted by atomic mass is 9.93. The molecule has 0 bridgehead atoms. The first-order valence-electron chi connectivity index (χ1n) is 6.63. The van der Waals surface area contributed by atoms with Crippen molar-refractivity contribution in [3.63, 3.8) is 0 Å². The van der Waals surface area contributed by atoms with E-state index in [9.17, 15) is 14.3 Å². The van der Waals surface area contributed by atoms with Gasteiger partial charge in [0.1, 0.15) is 5.82 Å². The van der Waals surface area contributed by atoms with Crippen LogP contribution in [0.5, 0.6) is 0 Å². The molecule has 0 radical (unpaired) electrons. The average Bonchev–Trinajstić information content (AvgIpc) is 2.48. The van der Waals surface area contributed by atoms with Crippen molar-refractivity contribution in [1.82, 2.24) is 5.32 Å². The van der Waals surface area contributed by atoms with Crippen molar-refractivity contribution in [3.05, 3.63) is 46.8 Å². The Labute approximate surface area is 122 Å². The quantitative estimate of drug-likeness (QED) is 0.840. The molecule has 20 heavy (non-hydrogen) atoms. The van der Waals surface area contributed by atoms with E-state index in [2.05, 4.69) is 11.4 Å². The molecule has 2 N–H and O–H groups in total. The molecule has 0 heterocycles. The molecule has 2 rings (SSSR count). The van der Waals surface area contributed by atoms with Crippen LogP contribution in [0.2, 0.25) is 5.02 Å². The van der Waals surface area contributed by atoms with E-state index in [1.807, 2.05) is 6.08 Å². The van der Waals surface area contributed by atoms with Gasteiger partial charge in [0.15, 0.2) is 0 Å². The van der Waals surface area contributed by atoms with Gasteiger partial charge in [-0.2, -0.15) is 0 Å². The molecule has 0 fully saturated rings. The fourth-order valence-electron chi connectivity index (χ4n) is 2.21. The van der Waals surface area contributed by atoms with Crippen LogP contribution >= 0.6 is 11.6 Å². The third-order valence-corrected chi connectivity index (χ3v) is 3.74. The predicted octanol–water partition coefficient (Wildman–Crippen LogP) is 2.99. The van der Waals surface area contributed by atoms with Crippen LogP contribution < -0.4 is 5.32 Å². The number of hydrogen-bond acceptors (Lipinski definition) is 2. The maximum atomic E-state index is 13.3. The number of hydrogen-bond donors (Lipinski definition) is 2. The van der Waals surface area contributed by atoms with Gasteiger partial charge in [0, 0.05) is 12.5 Å². The molecule has 0 spiro atoms. The number of benzene rings is 1. The lowest BCUT2D eigenvalue weighted by molar-refractivity contribution is -0.125. The zero-order chi connectivity index (χ0) is 14.5. The number of allylic oxidation sites excluding steroid dienone is 2. The van der Waals surface area contributed by atoms with Gasteiger partial charge >= 0.3 is 0 Å². The molecule has 0 saturated carbocycles. The van der Waals surface area contributed by atoms with Crippen molar-refractivity contribution in [2.24, 2.45) is 5.92 Å². The second-order valence-corrected chi connectivity index (χ2v) is 5.32. The zero-order valence-electron chi connectivity index (χ0n) is 11.0. The van der Waals surface area contributed by atoms with Gasteiger partial charge in [0.2, 0.25) is 5.91 Å². The third kappa shape index (κ3) is 3.81. The third-order valence-electron chi connectivity index (χ3n) is 3.44. The molecular formula is C15H17ClFNO2. The summed E-state index contributed by atoms with van der Waals surface area (Å²) in [6.45, 7) is 0.0696. The fourth-order valence-corrected chi connectivity index (χ4v) is 2.33. The number of aliphatic hydroxyl groups excluding tert-OH is 1. The number of nitrogens with one attached hydrogen (secondary N) is 1. The summed E-state index contributed by atoms with van der Waals surface area (Å²) in [4.78, 5) is 11.9. The summed E-state index contributed by atoms with van der Waals surface area (Å²) in [6.07, 6.45) is 5.59. The van der Waals surface area contributed by atoms with Gasteiger partial charge < -0.3 is 10.4 Å². The molecule has 3 nitrogen and oxygen atoms in total. The van der Waals surface area contributed by atoms with Crippen LogP contribution in [0.3, 0.4) is 0 Å². The van der Waals surface area contributed by atoms with E-state index < -0.39 is 11.9 Å².